The molecular weight excluding hydrogens is 347 g/mol. The van der Waals surface area contributed by atoms with Crippen LogP contribution in [-0.2, 0) is 6.54 Å². The Morgan fingerprint density at radius 1 is 1.22 bits per heavy atom. The Kier molecular flexibility index (Phi) is 5.12. The first-order valence-electron chi connectivity index (χ1n) is 8.52. The maximum Gasteiger partial charge on any atom is 0.291 e. The van der Waals surface area contributed by atoms with Gasteiger partial charge in [0.25, 0.3) is 5.56 Å². The summed E-state index contributed by atoms with van der Waals surface area (Å²) in [6.45, 7) is 5.36. The van der Waals surface area contributed by atoms with Crippen LogP contribution < -0.4 is 10.9 Å². The lowest BCUT2D eigenvalue weighted by Gasteiger charge is -2.16. The normalized spacial score (nSPS) is 10.7. The van der Waals surface area contributed by atoms with E-state index >= 15 is 0 Å². The quantitative estimate of drug-likeness (QED) is 0.697. The van der Waals surface area contributed by atoms with Crippen molar-refractivity contribution in [3.63, 3.8) is 0 Å². The van der Waals surface area contributed by atoms with E-state index in [1.54, 1.807) is 25.4 Å². The van der Waals surface area contributed by atoms with E-state index in [1.165, 1.54) is 35.9 Å². The van der Waals surface area contributed by atoms with Crippen molar-refractivity contribution >= 4 is 17.2 Å². The number of halogens is 1. The highest BCUT2D eigenvalue weighted by molar-refractivity contribution is 6.05. The molecule has 0 radical (unpaired) electrons. The number of nitrogens with one attached hydrogen (secondary N) is 1. The summed E-state index contributed by atoms with van der Waals surface area (Å²) in [5.41, 5.74) is 2.27. The van der Waals surface area contributed by atoms with Crippen LogP contribution in [0.2, 0.25) is 0 Å². The molecule has 3 aromatic rings. The fraction of sp³-hybridized carbons (Fsp3) is 0.200. The second-order valence-electron chi connectivity index (χ2n) is 6.10. The summed E-state index contributed by atoms with van der Waals surface area (Å²) >= 11 is 0. The monoisotopic (exact) mass is 366 g/mol. The Labute approximate surface area is 155 Å². The van der Waals surface area contributed by atoms with Crippen LogP contribution in [0.5, 0.6) is 0 Å². The third-order valence-electron chi connectivity index (χ3n) is 4.22. The van der Waals surface area contributed by atoms with E-state index in [4.69, 9.17) is 0 Å². The Balaban J connectivity index is 2.29. The van der Waals surface area contributed by atoms with E-state index in [0.29, 0.717) is 23.5 Å². The SMILES string of the molecule is CCn1nc(-c2ccc(F)cc2)c(C(C)=O)c(Nc2cnccc2C)c1=O. The van der Waals surface area contributed by atoms with Crippen molar-refractivity contribution in [3.05, 3.63) is 70.0 Å². The van der Waals surface area contributed by atoms with Gasteiger partial charge in [0.05, 0.1) is 17.4 Å². The van der Waals surface area contributed by atoms with Crippen LogP contribution in [0.3, 0.4) is 0 Å². The Morgan fingerprint density at radius 3 is 2.52 bits per heavy atom. The molecule has 0 aliphatic carbocycles. The van der Waals surface area contributed by atoms with Crippen molar-refractivity contribution in [2.24, 2.45) is 0 Å². The molecular formula is C20H19FN4O2. The summed E-state index contributed by atoms with van der Waals surface area (Å²) in [4.78, 5) is 29.4. The molecule has 0 saturated heterocycles. The van der Waals surface area contributed by atoms with Crippen molar-refractivity contribution in [2.45, 2.75) is 27.3 Å². The van der Waals surface area contributed by atoms with Crippen LogP contribution >= 0.6 is 0 Å². The van der Waals surface area contributed by atoms with Crippen LogP contribution in [-0.4, -0.2) is 20.5 Å². The predicted molar refractivity (Wildman–Crippen MR) is 102 cm³/mol. The lowest BCUT2D eigenvalue weighted by molar-refractivity contribution is 0.101. The van der Waals surface area contributed by atoms with Crippen molar-refractivity contribution in [1.29, 1.82) is 0 Å². The lowest BCUT2D eigenvalue weighted by atomic mass is 10.0. The molecule has 0 bridgehead atoms. The zero-order valence-electron chi connectivity index (χ0n) is 15.3. The average Bonchev–Trinajstić information content (AvgIpc) is 2.65. The number of ketones is 1. The molecule has 27 heavy (non-hydrogen) atoms. The molecule has 7 heteroatoms. The van der Waals surface area contributed by atoms with Gasteiger partial charge in [0.1, 0.15) is 17.2 Å². The zero-order valence-corrected chi connectivity index (χ0v) is 15.3. The summed E-state index contributed by atoms with van der Waals surface area (Å²) in [6.07, 6.45) is 3.24. The first-order valence-corrected chi connectivity index (χ1v) is 8.52. The summed E-state index contributed by atoms with van der Waals surface area (Å²) in [7, 11) is 0. The highest BCUT2D eigenvalue weighted by Gasteiger charge is 2.22. The molecule has 0 atom stereocenters. The fourth-order valence-corrected chi connectivity index (χ4v) is 2.78. The van der Waals surface area contributed by atoms with E-state index in [9.17, 15) is 14.0 Å². The Hall–Kier alpha value is -3.35. The van der Waals surface area contributed by atoms with Gasteiger partial charge in [0.15, 0.2) is 5.78 Å². The zero-order chi connectivity index (χ0) is 19.6. The number of rotatable bonds is 5. The third-order valence-corrected chi connectivity index (χ3v) is 4.22. The number of Topliss-reactive ketones (excluding diaryl/α,β-unsaturated/α-hetero) is 1. The lowest BCUT2D eigenvalue weighted by Crippen LogP contribution is -2.28. The van der Waals surface area contributed by atoms with Gasteiger partial charge < -0.3 is 5.32 Å². The largest absolute Gasteiger partial charge is 0.349 e. The number of nitrogens with zero attached hydrogens (tertiary/aromatic N) is 3. The van der Waals surface area contributed by atoms with E-state index in [0.717, 1.165) is 5.56 Å². The van der Waals surface area contributed by atoms with Gasteiger partial charge in [-0.1, -0.05) is 0 Å². The third kappa shape index (κ3) is 3.62. The first-order chi connectivity index (χ1) is 12.9. The van der Waals surface area contributed by atoms with E-state index in [2.05, 4.69) is 15.4 Å². The van der Waals surface area contributed by atoms with Gasteiger partial charge in [0.2, 0.25) is 0 Å². The maximum atomic E-state index is 13.3. The second-order valence-corrected chi connectivity index (χ2v) is 6.10. The molecule has 1 aromatic carbocycles. The number of hydrogen-bond donors (Lipinski definition) is 1. The van der Waals surface area contributed by atoms with Crippen LogP contribution in [0.15, 0.2) is 47.5 Å². The topological polar surface area (TPSA) is 76.9 Å². The number of carbonyl (C=O) groups excluding carboxylic acids is 1. The minimum absolute atomic E-state index is 0.134. The number of pyridine rings is 1. The highest BCUT2D eigenvalue weighted by Crippen LogP contribution is 2.28. The standard InChI is InChI=1S/C20H19FN4O2/c1-4-25-20(27)19(23-16-11-22-10-9-12(16)2)17(13(3)26)18(24-25)14-5-7-15(21)8-6-14/h5-11,23H,4H2,1-3H3. The molecule has 0 fully saturated rings. The average molecular weight is 366 g/mol. The number of carbonyl (C=O) groups is 1. The molecule has 2 heterocycles. The van der Waals surface area contributed by atoms with E-state index in [1.807, 2.05) is 6.92 Å². The molecule has 0 spiro atoms. The van der Waals surface area contributed by atoms with Crippen molar-refractivity contribution < 1.29 is 9.18 Å². The highest BCUT2D eigenvalue weighted by atomic mass is 19.1. The molecule has 2 aromatic heterocycles. The summed E-state index contributed by atoms with van der Waals surface area (Å²) in [5, 5.41) is 7.40. The van der Waals surface area contributed by atoms with Crippen molar-refractivity contribution in [1.82, 2.24) is 14.8 Å². The first kappa shape index (κ1) is 18.4. The number of hydrogen-bond acceptors (Lipinski definition) is 5. The van der Waals surface area contributed by atoms with Gasteiger partial charge in [-0.15, -0.1) is 0 Å². The minimum Gasteiger partial charge on any atom is -0.349 e. The predicted octanol–water partition coefficient (Wildman–Crippen LogP) is 3.72. The molecule has 0 aliphatic rings. The fourth-order valence-electron chi connectivity index (χ4n) is 2.78. The maximum absolute atomic E-state index is 13.3. The van der Waals surface area contributed by atoms with Gasteiger partial charge in [-0.2, -0.15) is 5.10 Å². The molecule has 6 nitrogen and oxygen atoms in total. The second kappa shape index (κ2) is 7.49. The van der Waals surface area contributed by atoms with Crippen LogP contribution in [0.25, 0.3) is 11.3 Å². The summed E-state index contributed by atoms with van der Waals surface area (Å²) in [5.74, 6) is -0.706. The van der Waals surface area contributed by atoms with Crippen LogP contribution in [0.4, 0.5) is 15.8 Å². The van der Waals surface area contributed by atoms with Crippen molar-refractivity contribution in [3.8, 4) is 11.3 Å². The Bertz CT molecular complexity index is 1060. The van der Waals surface area contributed by atoms with E-state index < -0.39 is 11.4 Å². The van der Waals surface area contributed by atoms with E-state index in [-0.39, 0.29) is 17.0 Å². The summed E-state index contributed by atoms with van der Waals surface area (Å²) < 4.78 is 14.6. The molecule has 0 unspecified atom stereocenters. The molecule has 0 aliphatic heterocycles. The van der Waals surface area contributed by atoms with Gasteiger partial charge >= 0.3 is 0 Å². The summed E-state index contributed by atoms with van der Waals surface area (Å²) in [6, 6.07) is 7.46. The molecule has 1 N–H and O–H groups in total. The molecule has 0 amide bonds. The molecule has 138 valence electrons. The number of anilines is 2. The van der Waals surface area contributed by atoms with Gasteiger partial charge in [-0.05, 0) is 56.7 Å². The van der Waals surface area contributed by atoms with Gasteiger partial charge in [-0.25, -0.2) is 9.07 Å². The minimum atomic E-state index is -0.406. The smallest absolute Gasteiger partial charge is 0.291 e. The van der Waals surface area contributed by atoms with Crippen LogP contribution in [0.1, 0.15) is 29.8 Å². The number of aryl methyl sites for hydroxylation is 2. The van der Waals surface area contributed by atoms with Gasteiger partial charge in [0, 0.05) is 18.3 Å². The van der Waals surface area contributed by atoms with Crippen molar-refractivity contribution in [2.75, 3.05) is 5.32 Å². The van der Waals surface area contributed by atoms with Crippen LogP contribution in [0, 0.1) is 12.7 Å². The molecule has 0 saturated carbocycles. The molecule has 3 rings (SSSR count). The number of aromatic nitrogens is 3. The Morgan fingerprint density at radius 2 is 1.93 bits per heavy atom. The van der Waals surface area contributed by atoms with Gasteiger partial charge in [-0.3, -0.25) is 14.6 Å². The number of benzene rings is 1.